The lowest BCUT2D eigenvalue weighted by Gasteiger charge is -2.08. The maximum absolute atomic E-state index is 11.5. The summed E-state index contributed by atoms with van der Waals surface area (Å²) in [6.07, 6.45) is 3.35. The van der Waals surface area contributed by atoms with E-state index in [1.54, 1.807) is 6.20 Å². The summed E-state index contributed by atoms with van der Waals surface area (Å²) >= 11 is 5.65. The minimum absolute atomic E-state index is 0.0503. The molecule has 20 heavy (non-hydrogen) atoms. The second-order valence-electron chi connectivity index (χ2n) is 4.28. The number of rotatable bonds is 4. The number of halogens is 1. The Morgan fingerprint density at radius 2 is 1.80 bits per heavy atom. The third-order valence-corrected chi connectivity index (χ3v) is 3.04. The van der Waals surface area contributed by atoms with Crippen LogP contribution in [0.2, 0.25) is 5.02 Å². The molecule has 2 aromatic heterocycles. The first kappa shape index (κ1) is 14.1. The molecule has 0 fully saturated rings. The number of pyridine rings is 1. The van der Waals surface area contributed by atoms with Gasteiger partial charge in [0.15, 0.2) is 0 Å². The van der Waals surface area contributed by atoms with E-state index in [0.29, 0.717) is 25.2 Å². The van der Waals surface area contributed by atoms with Gasteiger partial charge in [0.2, 0.25) is 0 Å². The molecule has 2 rings (SSSR count). The van der Waals surface area contributed by atoms with Crippen molar-refractivity contribution in [2.75, 3.05) is 5.73 Å². The molecule has 2 aromatic rings. The zero-order valence-corrected chi connectivity index (χ0v) is 11.3. The SMILES string of the molecule is Nc1ccc(=O)n(CCCn2cc(Cl)c(=O)[nH]c2=O)c1. The fourth-order valence-electron chi connectivity index (χ4n) is 1.78. The summed E-state index contributed by atoms with van der Waals surface area (Å²) in [5, 5.41) is -0.0503. The third-order valence-electron chi connectivity index (χ3n) is 2.77. The van der Waals surface area contributed by atoms with Gasteiger partial charge in [-0.2, -0.15) is 0 Å². The van der Waals surface area contributed by atoms with Gasteiger partial charge < -0.3 is 10.3 Å². The highest BCUT2D eigenvalue weighted by Gasteiger charge is 2.03. The molecule has 106 valence electrons. The number of hydrogen-bond acceptors (Lipinski definition) is 4. The Bertz CT molecular complexity index is 790. The average molecular weight is 297 g/mol. The molecule has 0 atom stereocenters. The number of nitrogen functional groups attached to an aromatic ring is 1. The van der Waals surface area contributed by atoms with Crippen LogP contribution in [0, 0.1) is 0 Å². The van der Waals surface area contributed by atoms with Crippen molar-refractivity contribution in [2.45, 2.75) is 19.5 Å². The van der Waals surface area contributed by atoms with Crippen molar-refractivity contribution >= 4 is 17.3 Å². The van der Waals surface area contributed by atoms with Crippen molar-refractivity contribution in [2.24, 2.45) is 0 Å². The van der Waals surface area contributed by atoms with Crippen LogP contribution in [0.3, 0.4) is 0 Å². The Balaban J connectivity index is 2.09. The molecule has 0 saturated carbocycles. The van der Waals surface area contributed by atoms with Crippen molar-refractivity contribution < 1.29 is 0 Å². The summed E-state index contributed by atoms with van der Waals surface area (Å²) in [5.74, 6) is 0. The van der Waals surface area contributed by atoms with E-state index < -0.39 is 11.2 Å². The topological polar surface area (TPSA) is 103 Å². The van der Waals surface area contributed by atoms with Gasteiger partial charge in [-0.15, -0.1) is 0 Å². The average Bonchev–Trinajstić information content (AvgIpc) is 2.39. The number of nitrogens with zero attached hydrogens (tertiary/aromatic N) is 2. The van der Waals surface area contributed by atoms with Crippen molar-refractivity contribution in [1.82, 2.24) is 14.1 Å². The van der Waals surface area contributed by atoms with E-state index in [-0.39, 0.29) is 10.6 Å². The zero-order valence-electron chi connectivity index (χ0n) is 10.5. The van der Waals surface area contributed by atoms with Crippen LogP contribution in [0.15, 0.2) is 38.9 Å². The summed E-state index contributed by atoms with van der Waals surface area (Å²) < 4.78 is 2.76. The standard InChI is InChI=1S/C12H13ClN4O3/c13-9-7-17(12(20)15-11(9)19)5-1-4-16-6-8(14)2-3-10(16)18/h2-3,6-7H,1,4-5,14H2,(H,15,19,20). The van der Waals surface area contributed by atoms with Crippen LogP contribution >= 0.6 is 11.6 Å². The van der Waals surface area contributed by atoms with E-state index in [1.807, 2.05) is 0 Å². The van der Waals surface area contributed by atoms with Gasteiger partial charge in [0.1, 0.15) is 5.02 Å². The number of H-pyrrole nitrogens is 1. The maximum atomic E-state index is 11.5. The Morgan fingerprint density at radius 3 is 2.55 bits per heavy atom. The van der Waals surface area contributed by atoms with Crippen LogP contribution in [0.1, 0.15) is 6.42 Å². The van der Waals surface area contributed by atoms with Gasteiger partial charge in [0.25, 0.3) is 11.1 Å². The van der Waals surface area contributed by atoms with Gasteiger partial charge in [0, 0.05) is 37.2 Å². The Labute approximate surface area is 118 Å². The summed E-state index contributed by atoms with van der Waals surface area (Å²) in [5.41, 5.74) is 4.79. The molecular formula is C12H13ClN4O3. The van der Waals surface area contributed by atoms with Gasteiger partial charge in [-0.1, -0.05) is 11.6 Å². The van der Waals surface area contributed by atoms with Crippen LogP contribution in [-0.4, -0.2) is 14.1 Å². The van der Waals surface area contributed by atoms with Gasteiger partial charge in [-0.25, -0.2) is 4.79 Å². The number of aromatic amines is 1. The Kier molecular flexibility index (Phi) is 4.09. The molecule has 0 amide bonds. The first-order valence-electron chi connectivity index (χ1n) is 5.92. The molecule has 0 aliphatic rings. The second-order valence-corrected chi connectivity index (χ2v) is 4.68. The second kappa shape index (κ2) is 5.79. The number of aryl methyl sites for hydroxylation is 2. The number of hydrogen-bond donors (Lipinski definition) is 2. The fraction of sp³-hybridized carbons (Fsp3) is 0.250. The monoisotopic (exact) mass is 296 g/mol. The van der Waals surface area contributed by atoms with Gasteiger partial charge >= 0.3 is 5.69 Å². The Morgan fingerprint density at radius 1 is 1.10 bits per heavy atom. The summed E-state index contributed by atoms with van der Waals surface area (Å²) in [6.45, 7) is 0.740. The highest BCUT2D eigenvalue weighted by Crippen LogP contribution is 1.99. The normalized spacial score (nSPS) is 10.7. The van der Waals surface area contributed by atoms with Crippen LogP contribution in [0.25, 0.3) is 0 Å². The fourth-order valence-corrected chi connectivity index (χ4v) is 1.95. The van der Waals surface area contributed by atoms with Crippen LogP contribution in [-0.2, 0) is 13.1 Å². The molecule has 0 radical (unpaired) electrons. The number of anilines is 1. The van der Waals surface area contributed by atoms with Crippen LogP contribution in [0.5, 0.6) is 0 Å². The maximum Gasteiger partial charge on any atom is 0.328 e. The lowest BCUT2D eigenvalue weighted by Crippen LogP contribution is -2.30. The molecule has 8 heteroatoms. The van der Waals surface area contributed by atoms with E-state index in [9.17, 15) is 14.4 Å². The van der Waals surface area contributed by atoms with E-state index in [2.05, 4.69) is 4.98 Å². The third kappa shape index (κ3) is 3.18. The van der Waals surface area contributed by atoms with Crippen LogP contribution < -0.4 is 22.5 Å². The smallest absolute Gasteiger partial charge is 0.328 e. The van der Waals surface area contributed by atoms with Crippen molar-refractivity contribution in [3.8, 4) is 0 Å². The summed E-state index contributed by atoms with van der Waals surface area (Å²) in [6, 6.07) is 2.92. The van der Waals surface area contributed by atoms with Gasteiger partial charge in [0.05, 0.1) is 0 Å². The lowest BCUT2D eigenvalue weighted by atomic mass is 10.3. The van der Waals surface area contributed by atoms with Crippen LogP contribution in [0.4, 0.5) is 5.69 Å². The number of nitrogens with two attached hydrogens (primary N) is 1. The van der Waals surface area contributed by atoms with E-state index in [1.165, 1.54) is 27.5 Å². The van der Waals surface area contributed by atoms with E-state index >= 15 is 0 Å². The number of aromatic nitrogens is 3. The summed E-state index contributed by atoms with van der Waals surface area (Å²) in [4.78, 5) is 36.3. The summed E-state index contributed by atoms with van der Waals surface area (Å²) in [7, 11) is 0. The lowest BCUT2D eigenvalue weighted by molar-refractivity contribution is 0.536. The molecule has 0 saturated heterocycles. The molecular weight excluding hydrogens is 284 g/mol. The molecule has 0 aliphatic heterocycles. The molecule has 0 bridgehead atoms. The molecule has 0 spiro atoms. The molecule has 0 aromatic carbocycles. The van der Waals surface area contributed by atoms with Crippen molar-refractivity contribution in [1.29, 1.82) is 0 Å². The van der Waals surface area contributed by atoms with Gasteiger partial charge in [-0.3, -0.25) is 19.1 Å². The predicted molar refractivity (Wildman–Crippen MR) is 76.1 cm³/mol. The highest BCUT2D eigenvalue weighted by atomic mass is 35.5. The highest BCUT2D eigenvalue weighted by molar-refractivity contribution is 6.30. The first-order valence-corrected chi connectivity index (χ1v) is 6.30. The largest absolute Gasteiger partial charge is 0.398 e. The minimum Gasteiger partial charge on any atom is -0.398 e. The van der Waals surface area contributed by atoms with E-state index in [4.69, 9.17) is 17.3 Å². The molecule has 3 N–H and O–H groups in total. The molecule has 7 nitrogen and oxygen atoms in total. The molecule has 0 unspecified atom stereocenters. The quantitative estimate of drug-likeness (QED) is 0.830. The van der Waals surface area contributed by atoms with Crippen molar-refractivity contribution in [3.63, 3.8) is 0 Å². The van der Waals surface area contributed by atoms with E-state index in [0.717, 1.165) is 0 Å². The number of nitrogens with one attached hydrogen (secondary N) is 1. The minimum atomic E-state index is -0.611. The first-order chi connectivity index (χ1) is 9.47. The van der Waals surface area contributed by atoms with Crippen molar-refractivity contribution in [3.05, 3.63) is 60.7 Å². The predicted octanol–water partition coefficient (Wildman–Crippen LogP) is 0.0242. The molecule has 0 aliphatic carbocycles. The molecule has 2 heterocycles. The Hall–Kier alpha value is -2.28. The van der Waals surface area contributed by atoms with Gasteiger partial charge in [-0.05, 0) is 12.5 Å². The zero-order chi connectivity index (χ0) is 14.7.